The molecule has 0 atom stereocenters. The molecule has 0 aliphatic heterocycles. The number of fused-ring (bicyclic) bond motifs is 3. The van der Waals surface area contributed by atoms with E-state index in [1.165, 1.54) is 27.8 Å². The van der Waals surface area contributed by atoms with Gasteiger partial charge >= 0.3 is 0 Å². The Morgan fingerprint density at radius 3 is 2.89 bits per heavy atom. The number of thioether (sulfide) groups is 1. The molecule has 0 fully saturated rings. The molecule has 5 nitrogen and oxygen atoms in total. The number of hydrogen-bond acceptors (Lipinski definition) is 5. The second kappa shape index (κ2) is 7.86. The summed E-state index contributed by atoms with van der Waals surface area (Å²) in [6, 6.07) is 7.88. The van der Waals surface area contributed by atoms with E-state index in [1.54, 1.807) is 11.3 Å². The van der Waals surface area contributed by atoms with Crippen LogP contribution in [0, 0.1) is 0 Å². The molecule has 0 unspecified atom stereocenters. The molecule has 2 aromatic heterocycles. The summed E-state index contributed by atoms with van der Waals surface area (Å²) < 4.78 is 0. The number of nitrogens with one attached hydrogen (secondary N) is 2. The second-order valence-electron chi connectivity index (χ2n) is 6.64. The minimum atomic E-state index is -0.0530. The van der Waals surface area contributed by atoms with E-state index in [0.717, 1.165) is 41.6 Å². The van der Waals surface area contributed by atoms with E-state index >= 15 is 0 Å². The van der Waals surface area contributed by atoms with Crippen molar-refractivity contribution in [2.24, 2.45) is 0 Å². The molecule has 0 spiro atoms. The first-order valence-electron chi connectivity index (χ1n) is 9.14. The SMILES string of the molecule is CCc1ccc(NC(=O)CSCc2nc3sc4c(c3c(=O)[nH]2)CCC4)cc1. The van der Waals surface area contributed by atoms with Crippen molar-refractivity contribution in [3.05, 3.63) is 56.4 Å². The van der Waals surface area contributed by atoms with Gasteiger partial charge in [-0.15, -0.1) is 23.1 Å². The first-order valence-corrected chi connectivity index (χ1v) is 11.1. The van der Waals surface area contributed by atoms with Crippen molar-refractivity contribution < 1.29 is 4.79 Å². The molecule has 7 heteroatoms. The summed E-state index contributed by atoms with van der Waals surface area (Å²) in [5.41, 5.74) is 3.19. The van der Waals surface area contributed by atoms with Gasteiger partial charge in [0.2, 0.25) is 5.91 Å². The number of hydrogen-bond donors (Lipinski definition) is 2. The summed E-state index contributed by atoms with van der Waals surface area (Å²) in [5, 5.41) is 3.67. The zero-order valence-electron chi connectivity index (χ0n) is 15.1. The number of aromatic nitrogens is 2. The van der Waals surface area contributed by atoms with Gasteiger partial charge in [0.05, 0.1) is 16.9 Å². The Labute approximate surface area is 165 Å². The number of amides is 1. The minimum Gasteiger partial charge on any atom is -0.325 e. The first kappa shape index (κ1) is 18.3. The molecular formula is C20H21N3O2S2. The molecule has 2 heterocycles. The average molecular weight is 400 g/mol. The molecule has 27 heavy (non-hydrogen) atoms. The number of H-pyrrole nitrogens is 1. The summed E-state index contributed by atoms with van der Waals surface area (Å²) >= 11 is 3.09. The molecule has 0 saturated carbocycles. The molecular weight excluding hydrogens is 378 g/mol. The van der Waals surface area contributed by atoms with Crippen LogP contribution >= 0.6 is 23.1 Å². The highest BCUT2D eigenvalue weighted by Crippen LogP contribution is 2.34. The fourth-order valence-corrected chi connectivity index (χ4v) is 5.35. The van der Waals surface area contributed by atoms with E-state index in [2.05, 4.69) is 22.2 Å². The van der Waals surface area contributed by atoms with E-state index in [1.807, 2.05) is 24.3 Å². The highest BCUT2D eigenvalue weighted by Gasteiger charge is 2.21. The van der Waals surface area contributed by atoms with Crippen LogP contribution in [0.15, 0.2) is 29.1 Å². The quantitative estimate of drug-likeness (QED) is 0.659. The smallest absolute Gasteiger partial charge is 0.259 e. The lowest BCUT2D eigenvalue weighted by molar-refractivity contribution is -0.113. The van der Waals surface area contributed by atoms with Crippen LogP contribution in [0.4, 0.5) is 5.69 Å². The van der Waals surface area contributed by atoms with Crippen LogP contribution < -0.4 is 10.9 Å². The van der Waals surface area contributed by atoms with Gasteiger partial charge in [-0.1, -0.05) is 19.1 Å². The number of aromatic amines is 1. The van der Waals surface area contributed by atoms with Crippen molar-refractivity contribution in [3.63, 3.8) is 0 Å². The molecule has 3 aromatic rings. The lowest BCUT2D eigenvalue weighted by Gasteiger charge is -2.06. The number of rotatable bonds is 6. The predicted molar refractivity (Wildman–Crippen MR) is 113 cm³/mol. The Morgan fingerprint density at radius 2 is 2.11 bits per heavy atom. The highest BCUT2D eigenvalue weighted by molar-refractivity contribution is 7.99. The third-order valence-electron chi connectivity index (χ3n) is 4.74. The molecule has 1 aliphatic carbocycles. The third-order valence-corrected chi connectivity index (χ3v) is 6.87. The van der Waals surface area contributed by atoms with E-state index in [9.17, 15) is 9.59 Å². The van der Waals surface area contributed by atoms with Gasteiger partial charge in [-0.25, -0.2) is 4.98 Å². The number of carbonyl (C=O) groups excluding carboxylic acids is 1. The molecule has 2 N–H and O–H groups in total. The van der Waals surface area contributed by atoms with Gasteiger partial charge < -0.3 is 10.3 Å². The molecule has 140 valence electrons. The van der Waals surface area contributed by atoms with E-state index < -0.39 is 0 Å². The van der Waals surface area contributed by atoms with Crippen molar-refractivity contribution in [1.29, 1.82) is 0 Å². The Bertz CT molecular complexity index is 1040. The normalized spacial score (nSPS) is 13.1. The van der Waals surface area contributed by atoms with Crippen molar-refractivity contribution in [2.75, 3.05) is 11.1 Å². The second-order valence-corrected chi connectivity index (χ2v) is 8.71. The fraction of sp³-hybridized carbons (Fsp3) is 0.350. The number of aryl methyl sites for hydroxylation is 3. The summed E-state index contributed by atoms with van der Waals surface area (Å²) in [7, 11) is 0. The van der Waals surface area contributed by atoms with Crippen LogP contribution in [-0.2, 0) is 29.8 Å². The predicted octanol–water partition coefficient (Wildman–Crippen LogP) is 3.91. The third kappa shape index (κ3) is 3.94. The number of anilines is 1. The van der Waals surface area contributed by atoms with E-state index in [-0.39, 0.29) is 11.5 Å². The number of carbonyl (C=O) groups is 1. The monoisotopic (exact) mass is 399 g/mol. The zero-order valence-corrected chi connectivity index (χ0v) is 16.8. The van der Waals surface area contributed by atoms with Crippen LogP contribution in [0.1, 0.15) is 35.2 Å². The standard InChI is InChI=1S/C20H21N3O2S2/c1-2-12-6-8-13(9-7-12)21-17(24)11-26-10-16-22-19(25)18-14-4-3-5-15(14)27-20(18)23-16/h6-9H,2-5,10-11H2,1H3,(H,21,24)(H,22,23,25). The van der Waals surface area contributed by atoms with E-state index in [0.29, 0.717) is 17.3 Å². The van der Waals surface area contributed by atoms with Crippen LogP contribution in [0.25, 0.3) is 10.2 Å². The summed E-state index contributed by atoms with van der Waals surface area (Å²) in [4.78, 5) is 34.2. The van der Waals surface area contributed by atoms with E-state index in [4.69, 9.17) is 0 Å². The molecule has 0 radical (unpaired) electrons. The van der Waals surface area contributed by atoms with Crippen LogP contribution in [-0.4, -0.2) is 21.6 Å². The van der Waals surface area contributed by atoms with Crippen LogP contribution in [0.3, 0.4) is 0 Å². The van der Waals surface area contributed by atoms with Crippen molar-refractivity contribution >= 4 is 44.9 Å². The molecule has 4 rings (SSSR count). The highest BCUT2D eigenvalue weighted by atomic mass is 32.2. The largest absolute Gasteiger partial charge is 0.325 e. The number of benzene rings is 1. The fourth-order valence-electron chi connectivity index (χ4n) is 3.38. The first-order chi connectivity index (χ1) is 13.1. The lowest BCUT2D eigenvalue weighted by Crippen LogP contribution is -2.15. The summed E-state index contributed by atoms with van der Waals surface area (Å²) in [5.74, 6) is 1.41. The minimum absolute atomic E-state index is 0.0459. The Hall–Kier alpha value is -2.12. The molecule has 0 saturated heterocycles. The Balaban J connectivity index is 1.36. The molecule has 1 aromatic carbocycles. The lowest BCUT2D eigenvalue weighted by atomic mass is 10.1. The van der Waals surface area contributed by atoms with Gasteiger partial charge in [0.25, 0.3) is 5.56 Å². The maximum absolute atomic E-state index is 12.4. The molecule has 1 amide bonds. The summed E-state index contributed by atoms with van der Waals surface area (Å²) in [6.45, 7) is 2.10. The zero-order chi connectivity index (χ0) is 18.8. The topological polar surface area (TPSA) is 74.8 Å². The van der Waals surface area contributed by atoms with Gasteiger partial charge in [-0.05, 0) is 48.9 Å². The van der Waals surface area contributed by atoms with Gasteiger partial charge in [0, 0.05) is 10.6 Å². The number of thiophene rings is 1. The Morgan fingerprint density at radius 1 is 1.30 bits per heavy atom. The van der Waals surface area contributed by atoms with Crippen molar-refractivity contribution in [2.45, 2.75) is 38.4 Å². The summed E-state index contributed by atoms with van der Waals surface area (Å²) in [6.07, 6.45) is 4.14. The Kier molecular flexibility index (Phi) is 5.31. The van der Waals surface area contributed by atoms with Crippen LogP contribution in [0.2, 0.25) is 0 Å². The number of nitrogens with zero attached hydrogens (tertiary/aromatic N) is 1. The molecule has 1 aliphatic rings. The van der Waals surface area contributed by atoms with Crippen molar-refractivity contribution in [3.8, 4) is 0 Å². The van der Waals surface area contributed by atoms with Gasteiger partial charge in [0.1, 0.15) is 10.7 Å². The van der Waals surface area contributed by atoms with Gasteiger partial charge in [-0.3, -0.25) is 9.59 Å². The maximum atomic E-state index is 12.4. The van der Waals surface area contributed by atoms with Crippen LogP contribution in [0.5, 0.6) is 0 Å². The van der Waals surface area contributed by atoms with Crippen molar-refractivity contribution in [1.82, 2.24) is 9.97 Å². The average Bonchev–Trinajstić information content (AvgIpc) is 3.23. The molecule has 0 bridgehead atoms. The van der Waals surface area contributed by atoms with Gasteiger partial charge in [0.15, 0.2) is 0 Å². The maximum Gasteiger partial charge on any atom is 0.259 e. The van der Waals surface area contributed by atoms with Gasteiger partial charge in [-0.2, -0.15) is 0 Å².